The van der Waals surface area contributed by atoms with Gasteiger partial charge in [-0.2, -0.15) is 18.2 Å². The van der Waals surface area contributed by atoms with Crippen LogP contribution in [0.5, 0.6) is 11.6 Å². The summed E-state index contributed by atoms with van der Waals surface area (Å²) in [5, 5.41) is 2.28. The van der Waals surface area contributed by atoms with Crippen LogP contribution in [-0.2, 0) is 6.18 Å². The molecule has 3 rings (SSSR count). The molecule has 1 aliphatic rings. The number of ether oxygens (including phenoxy) is 1. The number of hydrogen-bond donors (Lipinski definition) is 1. The molecule has 0 aliphatic carbocycles. The lowest BCUT2D eigenvalue weighted by Gasteiger charge is -2.11. The average molecular weight is 270 g/mol. The molecule has 19 heavy (non-hydrogen) atoms. The number of oxazole rings is 1. The first-order valence-corrected chi connectivity index (χ1v) is 5.09. The lowest BCUT2D eigenvalue weighted by Crippen LogP contribution is -2.11. The SMILES string of the molecule is O=C1Nc2cc(C(F)(F)F)ccc2Oc2ncoc21. The van der Waals surface area contributed by atoms with Gasteiger partial charge in [0.05, 0.1) is 11.3 Å². The summed E-state index contributed by atoms with van der Waals surface area (Å²) >= 11 is 0. The number of benzene rings is 1. The third kappa shape index (κ3) is 1.90. The Morgan fingerprint density at radius 3 is 2.79 bits per heavy atom. The van der Waals surface area contributed by atoms with E-state index in [-0.39, 0.29) is 23.1 Å². The van der Waals surface area contributed by atoms with Crippen molar-refractivity contribution in [3.63, 3.8) is 0 Å². The van der Waals surface area contributed by atoms with E-state index in [9.17, 15) is 18.0 Å². The molecular formula is C11H5F3N2O3. The van der Waals surface area contributed by atoms with E-state index in [1.165, 1.54) is 0 Å². The maximum absolute atomic E-state index is 12.6. The van der Waals surface area contributed by atoms with Crippen molar-refractivity contribution in [2.75, 3.05) is 5.32 Å². The summed E-state index contributed by atoms with van der Waals surface area (Å²) in [6.07, 6.45) is -3.49. The van der Waals surface area contributed by atoms with Crippen molar-refractivity contribution in [1.29, 1.82) is 0 Å². The van der Waals surface area contributed by atoms with Crippen LogP contribution >= 0.6 is 0 Å². The minimum Gasteiger partial charge on any atom is -0.434 e. The molecule has 0 radical (unpaired) electrons. The van der Waals surface area contributed by atoms with Crippen molar-refractivity contribution in [2.24, 2.45) is 0 Å². The monoisotopic (exact) mass is 270 g/mol. The van der Waals surface area contributed by atoms with E-state index in [0.29, 0.717) is 0 Å². The Labute approximate surface area is 104 Å². The van der Waals surface area contributed by atoms with Gasteiger partial charge in [-0.1, -0.05) is 0 Å². The molecule has 5 nitrogen and oxygen atoms in total. The molecule has 1 aromatic heterocycles. The summed E-state index contributed by atoms with van der Waals surface area (Å²) in [5.74, 6) is -0.930. The van der Waals surface area contributed by atoms with E-state index in [4.69, 9.17) is 9.15 Å². The van der Waals surface area contributed by atoms with Crippen LogP contribution in [0.3, 0.4) is 0 Å². The van der Waals surface area contributed by atoms with Crippen LogP contribution in [-0.4, -0.2) is 10.9 Å². The third-order valence-electron chi connectivity index (χ3n) is 2.50. The fourth-order valence-electron chi connectivity index (χ4n) is 1.64. The number of aromatic nitrogens is 1. The van der Waals surface area contributed by atoms with Gasteiger partial charge in [0.15, 0.2) is 12.1 Å². The van der Waals surface area contributed by atoms with Crippen molar-refractivity contribution >= 4 is 11.6 Å². The molecule has 2 aromatic rings. The summed E-state index contributed by atoms with van der Waals surface area (Å²) in [4.78, 5) is 15.3. The zero-order chi connectivity index (χ0) is 13.6. The first-order valence-electron chi connectivity index (χ1n) is 5.09. The Balaban J connectivity index is 2.08. The molecule has 1 aromatic carbocycles. The fourth-order valence-corrected chi connectivity index (χ4v) is 1.64. The van der Waals surface area contributed by atoms with Gasteiger partial charge in [-0.15, -0.1) is 0 Å². The molecule has 1 N–H and O–H groups in total. The van der Waals surface area contributed by atoms with Crippen LogP contribution in [0.25, 0.3) is 0 Å². The van der Waals surface area contributed by atoms with E-state index in [0.717, 1.165) is 24.6 Å². The van der Waals surface area contributed by atoms with Crippen LogP contribution in [0.1, 0.15) is 16.1 Å². The Morgan fingerprint density at radius 1 is 1.26 bits per heavy atom. The summed E-state index contributed by atoms with van der Waals surface area (Å²) < 4.78 is 47.8. The van der Waals surface area contributed by atoms with Crippen LogP contribution in [0.2, 0.25) is 0 Å². The highest BCUT2D eigenvalue weighted by Crippen LogP contribution is 2.39. The molecule has 1 aliphatic heterocycles. The molecule has 0 saturated heterocycles. The minimum atomic E-state index is -4.50. The highest BCUT2D eigenvalue weighted by Gasteiger charge is 2.33. The number of fused-ring (bicyclic) bond motifs is 2. The molecule has 0 fully saturated rings. The fraction of sp³-hybridized carbons (Fsp3) is 0.0909. The molecule has 0 saturated carbocycles. The minimum absolute atomic E-state index is 0.0639. The lowest BCUT2D eigenvalue weighted by atomic mass is 10.2. The number of halogens is 3. The van der Waals surface area contributed by atoms with E-state index < -0.39 is 17.6 Å². The quantitative estimate of drug-likeness (QED) is 0.799. The predicted octanol–water partition coefficient (Wildman–Crippen LogP) is 3.05. The van der Waals surface area contributed by atoms with Gasteiger partial charge in [0.1, 0.15) is 0 Å². The molecule has 2 heterocycles. The molecule has 0 bridgehead atoms. The number of carbonyl (C=O) groups excluding carboxylic acids is 1. The third-order valence-corrected chi connectivity index (χ3v) is 2.50. The number of amides is 1. The van der Waals surface area contributed by atoms with E-state index in [1.807, 2.05) is 0 Å². The Bertz CT molecular complexity index is 663. The smallest absolute Gasteiger partial charge is 0.416 e. The number of rotatable bonds is 0. The number of anilines is 1. The molecule has 0 spiro atoms. The number of carbonyl (C=O) groups is 1. The molecule has 98 valence electrons. The first kappa shape index (κ1) is 11.6. The zero-order valence-corrected chi connectivity index (χ0v) is 9.12. The van der Waals surface area contributed by atoms with Gasteiger partial charge in [0.25, 0.3) is 17.5 Å². The summed E-state index contributed by atoms with van der Waals surface area (Å²) in [7, 11) is 0. The van der Waals surface area contributed by atoms with Crippen molar-refractivity contribution in [1.82, 2.24) is 4.98 Å². The Morgan fingerprint density at radius 2 is 2.05 bits per heavy atom. The van der Waals surface area contributed by atoms with Crippen LogP contribution in [0.4, 0.5) is 18.9 Å². The molecule has 0 unspecified atom stereocenters. The standard InChI is InChI=1S/C11H5F3N2O3/c12-11(13,14)5-1-2-7-6(3-5)16-9(17)8-10(19-7)15-4-18-8/h1-4H,(H,16,17). The first-order chi connectivity index (χ1) is 8.95. The van der Waals surface area contributed by atoms with Crippen molar-refractivity contribution in [3.8, 4) is 11.6 Å². The van der Waals surface area contributed by atoms with Gasteiger partial charge < -0.3 is 14.5 Å². The molecule has 0 atom stereocenters. The van der Waals surface area contributed by atoms with Gasteiger partial charge >= 0.3 is 6.18 Å². The average Bonchev–Trinajstić information content (AvgIpc) is 2.73. The Kier molecular flexibility index (Phi) is 2.28. The lowest BCUT2D eigenvalue weighted by molar-refractivity contribution is -0.137. The predicted molar refractivity (Wildman–Crippen MR) is 56.0 cm³/mol. The van der Waals surface area contributed by atoms with Crippen LogP contribution in [0.15, 0.2) is 29.0 Å². The zero-order valence-electron chi connectivity index (χ0n) is 9.12. The van der Waals surface area contributed by atoms with Crippen molar-refractivity contribution in [3.05, 3.63) is 35.9 Å². The second kappa shape index (κ2) is 3.74. The van der Waals surface area contributed by atoms with E-state index in [1.54, 1.807) is 0 Å². The number of nitrogens with one attached hydrogen (secondary N) is 1. The molecule has 8 heteroatoms. The van der Waals surface area contributed by atoms with Gasteiger partial charge in [-0.05, 0) is 18.2 Å². The van der Waals surface area contributed by atoms with Crippen LogP contribution in [0, 0.1) is 0 Å². The second-order valence-corrected chi connectivity index (χ2v) is 3.75. The van der Waals surface area contributed by atoms with Gasteiger partial charge in [-0.25, -0.2) is 0 Å². The van der Waals surface area contributed by atoms with Gasteiger partial charge in [-0.3, -0.25) is 4.79 Å². The maximum Gasteiger partial charge on any atom is 0.416 e. The summed E-state index contributed by atoms with van der Waals surface area (Å²) in [6, 6.07) is 2.76. The largest absolute Gasteiger partial charge is 0.434 e. The van der Waals surface area contributed by atoms with Gasteiger partial charge in [0.2, 0.25) is 0 Å². The summed E-state index contributed by atoms with van der Waals surface area (Å²) in [6.45, 7) is 0. The number of nitrogens with zero attached hydrogens (tertiary/aromatic N) is 1. The maximum atomic E-state index is 12.6. The van der Waals surface area contributed by atoms with Gasteiger partial charge in [0, 0.05) is 0 Å². The number of hydrogen-bond acceptors (Lipinski definition) is 4. The Hall–Kier alpha value is -2.51. The molecule has 1 amide bonds. The van der Waals surface area contributed by atoms with E-state index >= 15 is 0 Å². The highest BCUT2D eigenvalue weighted by atomic mass is 19.4. The highest BCUT2D eigenvalue weighted by molar-refractivity contribution is 6.05. The summed E-state index contributed by atoms with van der Waals surface area (Å²) in [5.41, 5.74) is -0.977. The topological polar surface area (TPSA) is 64.4 Å². The van der Waals surface area contributed by atoms with Crippen LogP contribution < -0.4 is 10.1 Å². The van der Waals surface area contributed by atoms with E-state index in [2.05, 4.69) is 10.3 Å². The number of alkyl halides is 3. The second-order valence-electron chi connectivity index (χ2n) is 3.75. The van der Waals surface area contributed by atoms with Crippen molar-refractivity contribution < 1.29 is 27.1 Å². The normalized spacial score (nSPS) is 13.9. The molecular weight excluding hydrogens is 265 g/mol. The van der Waals surface area contributed by atoms with Crippen molar-refractivity contribution in [2.45, 2.75) is 6.18 Å².